The molecule has 5 heteroatoms. The molecule has 0 saturated heterocycles. The Morgan fingerprint density at radius 2 is 1.90 bits per heavy atom. The van der Waals surface area contributed by atoms with Crippen molar-refractivity contribution >= 4 is 17.3 Å². The van der Waals surface area contributed by atoms with Crippen molar-refractivity contribution in [3.8, 4) is 0 Å². The van der Waals surface area contributed by atoms with Crippen LogP contribution in [-0.2, 0) is 24.8 Å². The van der Waals surface area contributed by atoms with Gasteiger partial charge in [0.2, 0.25) is 5.91 Å². The Hall–Kier alpha value is -2.30. The number of hydrogen-bond acceptors (Lipinski definition) is 3. The van der Waals surface area contributed by atoms with Gasteiger partial charge in [-0.1, -0.05) is 6.92 Å². The van der Waals surface area contributed by atoms with Crippen molar-refractivity contribution in [1.82, 2.24) is 9.78 Å². The summed E-state index contributed by atoms with van der Waals surface area (Å²) in [6.07, 6.45) is 2.97. The molecule has 0 aliphatic heterocycles. The minimum atomic E-state index is -0.0614. The van der Waals surface area contributed by atoms with E-state index in [9.17, 15) is 4.79 Å². The zero-order chi connectivity index (χ0) is 14.5. The fourth-order valence-electron chi connectivity index (χ4n) is 2.10. The van der Waals surface area contributed by atoms with Crippen molar-refractivity contribution in [1.29, 1.82) is 0 Å². The lowest BCUT2D eigenvalue weighted by molar-refractivity contribution is -0.114. The van der Waals surface area contributed by atoms with Gasteiger partial charge in [0.25, 0.3) is 0 Å². The summed E-state index contributed by atoms with van der Waals surface area (Å²) in [7, 11) is 1.94. The van der Waals surface area contributed by atoms with E-state index in [2.05, 4.69) is 22.7 Å². The van der Waals surface area contributed by atoms with E-state index in [0.29, 0.717) is 0 Å². The SMILES string of the molecule is CCc1nn(C)cc1CNc1ccc(NC(C)=O)cc1. The van der Waals surface area contributed by atoms with Gasteiger partial charge in [-0.25, -0.2) is 0 Å². The molecule has 0 saturated carbocycles. The highest BCUT2D eigenvalue weighted by Gasteiger charge is 2.05. The van der Waals surface area contributed by atoms with E-state index in [0.717, 1.165) is 30.0 Å². The second-order valence-corrected chi connectivity index (χ2v) is 4.74. The average molecular weight is 272 g/mol. The van der Waals surface area contributed by atoms with Crippen LogP contribution in [0.2, 0.25) is 0 Å². The summed E-state index contributed by atoms with van der Waals surface area (Å²) in [5.74, 6) is -0.0614. The van der Waals surface area contributed by atoms with E-state index >= 15 is 0 Å². The molecule has 0 atom stereocenters. The first-order chi connectivity index (χ1) is 9.58. The number of rotatable bonds is 5. The molecule has 2 rings (SSSR count). The standard InChI is InChI=1S/C15H20N4O/c1-4-15-12(10-19(3)18-15)9-16-13-5-7-14(8-6-13)17-11(2)20/h5-8,10,16H,4,9H2,1-3H3,(H,17,20). The van der Waals surface area contributed by atoms with E-state index in [1.54, 1.807) is 0 Å². The van der Waals surface area contributed by atoms with Gasteiger partial charge in [0, 0.05) is 43.7 Å². The molecule has 106 valence electrons. The molecule has 0 aliphatic carbocycles. The molecular weight excluding hydrogens is 252 g/mol. The third kappa shape index (κ3) is 3.60. The number of aromatic nitrogens is 2. The van der Waals surface area contributed by atoms with E-state index in [1.807, 2.05) is 42.2 Å². The van der Waals surface area contributed by atoms with Crippen LogP contribution in [0.1, 0.15) is 25.1 Å². The van der Waals surface area contributed by atoms with Crippen LogP contribution in [0.15, 0.2) is 30.5 Å². The van der Waals surface area contributed by atoms with Gasteiger partial charge in [-0.05, 0) is 30.7 Å². The minimum Gasteiger partial charge on any atom is -0.381 e. The first-order valence-electron chi connectivity index (χ1n) is 6.71. The number of benzene rings is 1. The fourth-order valence-corrected chi connectivity index (χ4v) is 2.10. The summed E-state index contributed by atoms with van der Waals surface area (Å²) in [5.41, 5.74) is 4.15. The van der Waals surface area contributed by atoms with Crippen LogP contribution >= 0.6 is 0 Å². The number of anilines is 2. The zero-order valence-electron chi connectivity index (χ0n) is 12.1. The second kappa shape index (κ2) is 6.23. The van der Waals surface area contributed by atoms with Crippen LogP contribution in [0.25, 0.3) is 0 Å². The predicted octanol–water partition coefficient (Wildman–Crippen LogP) is 2.55. The minimum absolute atomic E-state index is 0.0614. The second-order valence-electron chi connectivity index (χ2n) is 4.74. The summed E-state index contributed by atoms with van der Waals surface area (Å²) >= 11 is 0. The van der Waals surface area contributed by atoms with Crippen molar-refractivity contribution in [3.63, 3.8) is 0 Å². The zero-order valence-corrected chi connectivity index (χ0v) is 12.1. The van der Waals surface area contributed by atoms with E-state index < -0.39 is 0 Å². The number of carbonyl (C=O) groups is 1. The van der Waals surface area contributed by atoms with E-state index in [-0.39, 0.29) is 5.91 Å². The van der Waals surface area contributed by atoms with Crippen LogP contribution in [-0.4, -0.2) is 15.7 Å². The van der Waals surface area contributed by atoms with E-state index in [4.69, 9.17) is 0 Å². The number of nitrogens with zero attached hydrogens (tertiary/aromatic N) is 2. The molecular formula is C15H20N4O. The molecule has 1 amide bonds. The molecule has 20 heavy (non-hydrogen) atoms. The average Bonchev–Trinajstić information content (AvgIpc) is 2.78. The van der Waals surface area contributed by atoms with Gasteiger partial charge in [0.15, 0.2) is 0 Å². The van der Waals surface area contributed by atoms with Crippen molar-refractivity contribution in [2.75, 3.05) is 10.6 Å². The first kappa shape index (κ1) is 14.1. The Labute approximate surface area is 119 Å². The molecule has 0 bridgehead atoms. The Morgan fingerprint density at radius 3 is 2.50 bits per heavy atom. The van der Waals surface area contributed by atoms with Gasteiger partial charge in [-0.3, -0.25) is 9.48 Å². The monoisotopic (exact) mass is 272 g/mol. The predicted molar refractivity (Wildman–Crippen MR) is 80.7 cm³/mol. The van der Waals surface area contributed by atoms with Crippen molar-refractivity contribution < 1.29 is 4.79 Å². The highest BCUT2D eigenvalue weighted by molar-refractivity contribution is 5.88. The van der Waals surface area contributed by atoms with Gasteiger partial charge in [0.05, 0.1) is 5.69 Å². The molecule has 1 aromatic heterocycles. The van der Waals surface area contributed by atoms with Crippen LogP contribution in [0.4, 0.5) is 11.4 Å². The summed E-state index contributed by atoms with van der Waals surface area (Å²) in [6.45, 7) is 4.35. The summed E-state index contributed by atoms with van der Waals surface area (Å²) < 4.78 is 1.84. The van der Waals surface area contributed by atoms with Gasteiger partial charge < -0.3 is 10.6 Å². The largest absolute Gasteiger partial charge is 0.381 e. The van der Waals surface area contributed by atoms with Gasteiger partial charge in [-0.2, -0.15) is 5.10 Å². The number of carbonyl (C=O) groups excluding carboxylic acids is 1. The Kier molecular flexibility index (Phi) is 4.40. The molecule has 0 radical (unpaired) electrons. The van der Waals surface area contributed by atoms with Crippen molar-refractivity contribution in [2.45, 2.75) is 26.8 Å². The molecule has 2 N–H and O–H groups in total. The third-order valence-corrected chi connectivity index (χ3v) is 3.01. The Morgan fingerprint density at radius 1 is 1.25 bits per heavy atom. The smallest absolute Gasteiger partial charge is 0.221 e. The lowest BCUT2D eigenvalue weighted by atomic mass is 10.2. The Balaban J connectivity index is 1.98. The summed E-state index contributed by atoms with van der Waals surface area (Å²) in [5, 5.41) is 10.5. The van der Waals surface area contributed by atoms with Gasteiger partial charge in [0.1, 0.15) is 0 Å². The fraction of sp³-hybridized carbons (Fsp3) is 0.333. The molecule has 1 heterocycles. The van der Waals surface area contributed by atoms with Crippen LogP contribution < -0.4 is 10.6 Å². The number of hydrogen-bond donors (Lipinski definition) is 2. The Bertz CT molecular complexity index is 586. The molecule has 0 fully saturated rings. The van der Waals surface area contributed by atoms with Crippen molar-refractivity contribution in [2.24, 2.45) is 7.05 Å². The maximum atomic E-state index is 10.9. The topological polar surface area (TPSA) is 59.0 Å². The first-order valence-corrected chi connectivity index (χ1v) is 6.71. The number of amides is 1. The maximum Gasteiger partial charge on any atom is 0.221 e. The lowest BCUT2D eigenvalue weighted by Gasteiger charge is -2.07. The highest BCUT2D eigenvalue weighted by atomic mass is 16.1. The van der Waals surface area contributed by atoms with Crippen LogP contribution in [0.5, 0.6) is 0 Å². The summed E-state index contributed by atoms with van der Waals surface area (Å²) in [4.78, 5) is 10.9. The highest BCUT2D eigenvalue weighted by Crippen LogP contribution is 2.15. The molecule has 2 aromatic rings. The number of nitrogens with one attached hydrogen (secondary N) is 2. The van der Waals surface area contributed by atoms with Gasteiger partial charge >= 0.3 is 0 Å². The molecule has 0 unspecified atom stereocenters. The van der Waals surface area contributed by atoms with Crippen LogP contribution in [0.3, 0.4) is 0 Å². The summed E-state index contributed by atoms with van der Waals surface area (Å²) in [6, 6.07) is 7.67. The molecule has 5 nitrogen and oxygen atoms in total. The lowest BCUT2D eigenvalue weighted by Crippen LogP contribution is -2.06. The molecule has 0 aliphatic rings. The number of aryl methyl sites for hydroxylation is 2. The van der Waals surface area contributed by atoms with E-state index in [1.165, 1.54) is 12.5 Å². The normalized spacial score (nSPS) is 10.3. The van der Waals surface area contributed by atoms with Crippen molar-refractivity contribution in [3.05, 3.63) is 41.7 Å². The van der Waals surface area contributed by atoms with Gasteiger partial charge in [-0.15, -0.1) is 0 Å². The molecule has 1 aromatic carbocycles. The third-order valence-electron chi connectivity index (χ3n) is 3.01. The maximum absolute atomic E-state index is 10.9. The molecule has 0 spiro atoms. The quantitative estimate of drug-likeness (QED) is 0.879. The van der Waals surface area contributed by atoms with Crippen LogP contribution in [0, 0.1) is 0 Å².